The highest BCUT2D eigenvalue weighted by atomic mass is 16.6. The van der Waals surface area contributed by atoms with E-state index in [2.05, 4.69) is 6.92 Å². The quantitative estimate of drug-likeness (QED) is 0.333. The second kappa shape index (κ2) is 17.8. The SMILES string of the molecule is CCCCOCCOCCOCCOCCOCO. The van der Waals surface area contributed by atoms with Crippen LogP contribution in [0.4, 0.5) is 0 Å². The van der Waals surface area contributed by atoms with Crippen molar-refractivity contribution in [2.24, 2.45) is 0 Å². The van der Waals surface area contributed by atoms with E-state index in [0.29, 0.717) is 52.9 Å². The standard InChI is InChI=1S/C13H28O6/c1-2-3-4-15-5-6-16-7-8-17-9-10-18-11-12-19-13-14/h14H,2-13H2,1H3. The Hall–Kier alpha value is -0.240. The number of hydrogen-bond donors (Lipinski definition) is 1. The Bertz CT molecular complexity index is 140. The van der Waals surface area contributed by atoms with Gasteiger partial charge in [-0.25, -0.2) is 0 Å². The first kappa shape index (κ1) is 18.8. The summed E-state index contributed by atoms with van der Waals surface area (Å²) in [5.74, 6) is 0. The monoisotopic (exact) mass is 280 g/mol. The fraction of sp³-hybridized carbons (Fsp3) is 1.00. The molecule has 0 amide bonds. The molecule has 0 aliphatic rings. The van der Waals surface area contributed by atoms with Gasteiger partial charge < -0.3 is 28.8 Å². The topological polar surface area (TPSA) is 66.4 Å². The molecule has 0 aliphatic heterocycles. The highest BCUT2D eigenvalue weighted by Crippen LogP contribution is 1.88. The van der Waals surface area contributed by atoms with Crippen molar-refractivity contribution in [2.75, 3.05) is 66.3 Å². The molecule has 0 atom stereocenters. The van der Waals surface area contributed by atoms with Crippen LogP contribution in [-0.4, -0.2) is 71.4 Å². The van der Waals surface area contributed by atoms with Crippen molar-refractivity contribution in [2.45, 2.75) is 19.8 Å². The Morgan fingerprint density at radius 1 is 0.579 bits per heavy atom. The van der Waals surface area contributed by atoms with E-state index in [9.17, 15) is 0 Å². The third kappa shape index (κ3) is 17.8. The van der Waals surface area contributed by atoms with Crippen LogP contribution in [0.2, 0.25) is 0 Å². The van der Waals surface area contributed by atoms with Gasteiger partial charge in [0.05, 0.1) is 52.9 Å². The van der Waals surface area contributed by atoms with Gasteiger partial charge in [0.1, 0.15) is 6.79 Å². The van der Waals surface area contributed by atoms with E-state index in [1.165, 1.54) is 0 Å². The van der Waals surface area contributed by atoms with Crippen molar-refractivity contribution in [1.29, 1.82) is 0 Å². The molecule has 0 saturated heterocycles. The molecule has 0 aromatic carbocycles. The van der Waals surface area contributed by atoms with Crippen LogP contribution in [-0.2, 0) is 23.7 Å². The third-order valence-corrected chi connectivity index (χ3v) is 2.22. The van der Waals surface area contributed by atoms with Gasteiger partial charge in [-0.2, -0.15) is 0 Å². The van der Waals surface area contributed by atoms with Crippen molar-refractivity contribution in [3.63, 3.8) is 0 Å². The van der Waals surface area contributed by atoms with Gasteiger partial charge in [0.15, 0.2) is 0 Å². The van der Waals surface area contributed by atoms with E-state index in [1.54, 1.807) is 0 Å². The van der Waals surface area contributed by atoms with Crippen LogP contribution in [0.1, 0.15) is 19.8 Å². The van der Waals surface area contributed by atoms with Crippen LogP contribution in [0.15, 0.2) is 0 Å². The lowest BCUT2D eigenvalue weighted by Crippen LogP contribution is -2.13. The molecule has 116 valence electrons. The average molecular weight is 280 g/mol. The predicted octanol–water partition coefficient (Wildman–Crippen LogP) is 0.819. The van der Waals surface area contributed by atoms with Crippen LogP contribution in [0.25, 0.3) is 0 Å². The predicted molar refractivity (Wildman–Crippen MR) is 71.2 cm³/mol. The number of ether oxygens (including phenoxy) is 5. The first-order chi connectivity index (χ1) is 9.41. The summed E-state index contributed by atoms with van der Waals surface area (Å²) in [7, 11) is 0. The lowest BCUT2D eigenvalue weighted by atomic mass is 10.4. The van der Waals surface area contributed by atoms with Gasteiger partial charge in [-0.05, 0) is 6.42 Å². The van der Waals surface area contributed by atoms with E-state index in [-0.39, 0.29) is 6.79 Å². The molecule has 0 rings (SSSR count). The fourth-order valence-corrected chi connectivity index (χ4v) is 1.19. The Balaban J connectivity index is 2.88. The van der Waals surface area contributed by atoms with Crippen LogP contribution in [0, 0.1) is 0 Å². The Kier molecular flexibility index (Phi) is 17.5. The van der Waals surface area contributed by atoms with Gasteiger partial charge in [-0.3, -0.25) is 0 Å². The summed E-state index contributed by atoms with van der Waals surface area (Å²) in [5.41, 5.74) is 0. The van der Waals surface area contributed by atoms with Crippen molar-refractivity contribution < 1.29 is 28.8 Å². The molecule has 0 aromatic rings. The zero-order valence-electron chi connectivity index (χ0n) is 12.0. The molecule has 6 nitrogen and oxygen atoms in total. The molecule has 0 radical (unpaired) electrons. The average Bonchev–Trinajstić information content (AvgIpc) is 2.43. The Labute approximate surface area is 115 Å². The number of aliphatic hydroxyl groups is 1. The number of unbranched alkanes of at least 4 members (excludes halogenated alkanes) is 1. The first-order valence-corrected chi connectivity index (χ1v) is 6.91. The molecule has 0 saturated carbocycles. The van der Waals surface area contributed by atoms with Crippen molar-refractivity contribution >= 4 is 0 Å². The number of rotatable bonds is 16. The molecular formula is C13H28O6. The summed E-state index contributed by atoms with van der Waals surface area (Å²) < 4.78 is 25.9. The molecule has 0 aliphatic carbocycles. The van der Waals surface area contributed by atoms with Gasteiger partial charge in [-0.1, -0.05) is 13.3 Å². The molecule has 0 spiro atoms. The van der Waals surface area contributed by atoms with Crippen LogP contribution < -0.4 is 0 Å². The normalized spacial score (nSPS) is 11.1. The van der Waals surface area contributed by atoms with E-state index < -0.39 is 0 Å². The van der Waals surface area contributed by atoms with Crippen molar-refractivity contribution in [3.8, 4) is 0 Å². The lowest BCUT2D eigenvalue weighted by molar-refractivity contribution is -0.0407. The van der Waals surface area contributed by atoms with Gasteiger partial charge >= 0.3 is 0 Å². The van der Waals surface area contributed by atoms with E-state index >= 15 is 0 Å². The molecular weight excluding hydrogens is 252 g/mol. The van der Waals surface area contributed by atoms with Crippen LogP contribution in [0.5, 0.6) is 0 Å². The minimum Gasteiger partial charge on any atom is -0.379 e. The summed E-state index contributed by atoms with van der Waals surface area (Å²) in [6.45, 7) is 7.01. The maximum atomic E-state index is 8.34. The smallest absolute Gasteiger partial charge is 0.143 e. The number of aliphatic hydroxyl groups excluding tert-OH is 1. The largest absolute Gasteiger partial charge is 0.379 e. The second-order valence-corrected chi connectivity index (χ2v) is 3.84. The van der Waals surface area contributed by atoms with Gasteiger partial charge in [0.2, 0.25) is 0 Å². The second-order valence-electron chi connectivity index (χ2n) is 3.84. The minimum atomic E-state index is -0.265. The van der Waals surface area contributed by atoms with E-state index in [0.717, 1.165) is 19.4 Å². The Morgan fingerprint density at radius 2 is 0.947 bits per heavy atom. The molecule has 0 unspecified atom stereocenters. The summed E-state index contributed by atoms with van der Waals surface area (Å²) >= 11 is 0. The van der Waals surface area contributed by atoms with Crippen molar-refractivity contribution in [1.82, 2.24) is 0 Å². The first-order valence-electron chi connectivity index (χ1n) is 6.91. The summed E-state index contributed by atoms with van der Waals surface area (Å²) in [6, 6.07) is 0. The Morgan fingerprint density at radius 3 is 1.32 bits per heavy atom. The highest BCUT2D eigenvalue weighted by Gasteiger charge is 1.92. The summed E-state index contributed by atoms with van der Waals surface area (Å²) in [4.78, 5) is 0. The fourth-order valence-electron chi connectivity index (χ4n) is 1.19. The van der Waals surface area contributed by atoms with E-state index in [1.807, 2.05) is 0 Å². The maximum Gasteiger partial charge on any atom is 0.143 e. The number of hydrogen-bond acceptors (Lipinski definition) is 6. The zero-order chi connectivity index (χ0) is 14.0. The molecule has 0 aromatic heterocycles. The summed E-state index contributed by atoms with van der Waals surface area (Å²) in [6.07, 6.45) is 2.26. The summed E-state index contributed by atoms with van der Waals surface area (Å²) in [5, 5.41) is 8.34. The molecule has 0 fully saturated rings. The molecule has 1 N–H and O–H groups in total. The lowest BCUT2D eigenvalue weighted by Gasteiger charge is -2.07. The highest BCUT2D eigenvalue weighted by molar-refractivity contribution is 4.36. The molecule has 0 heterocycles. The molecule has 0 bridgehead atoms. The van der Waals surface area contributed by atoms with E-state index in [4.69, 9.17) is 28.8 Å². The van der Waals surface area contributed by atoms with Gasteiger partial charge in [0, 0.05) is 6.61 Å². The van der Waals surface area contributed by atoms with Gasteiger partial charge in [0.25, 0.3) is 0 Å². The third-order valence-electron chi connectivity index (χ3n) is 2.22. The maximum absolute atomic E-state index is 8.34. The van der Waals surface area contributed by atoms with Crippen LogP contribution in [0.3, 0.4) is 0 Å². The zero-order valence-corrected chi connectivity index (χ0v) is 12.0. The van der Waals surface area contributed by atoms with Crippen molar-refractivity contribution in [3.05, 3.63) is 0 Å². The van der Waals surface area contributed by atoms with Crippen LogP contribution >= 0.6 is 0 Å². The molecule has 6 heteroatoms. The minimum absolute atomic E-state index is 0.265. The van der Waals surface area contributed by atoms with Gasteiger partial charge in [-0.15, -0.1) is 0 Å². The molecule has 19 heavy (non-hydrogen) atoms.